The number of nitrogen functional groups attached to an aromatic ring is 1. The van der Waals surface area contributed by atoms with Gasteiger partial charge in [0.25, 0.3) is 5.56 Å². The second-order valence-electron chi connectivity index (χ2n) is 6.99. The summed E-state index contributed by atoms with van der Waals surface area (Å²) in [5.74, 6) is 0.169. The fourth-order valence-electron chi connectivity index (χ4n) is 3.43. The molecule has 31 heavy (non-hydrogen) atoms. The van der Waals surface area contributed by atoms with E-state index in [1.165, 1.54) is 0 Å². The molecule has 3 aromatic rings. The number of aliphatic hydroxyl groups is 1. The Hall–Kier alpha value is -2.83. The zero-order chi connectivity index (χ0) is 21.8. The maximum Gasteiger partial charge on any atom is 0.530 e. The van der Waals surface area contributed by atoms with E-state index in [1.807, 2.05) is 0 Å². The standard InChI is InChI=1S/C17H17FN5O7P/c18-11-13(24)10(6-28-31(26)27-5-8-3-1-2-4-9(8)30-31)29-16(11)23-7-20-12-14(23)21-17(19)22-15(12)25/h1-4,7,10-11,13,16,24H,5-6H2,(H3,19,21,22,25). The number of H-pyrrole nitrogens is 1. The number of alkyl halides is 1. The van der Waals surface area contributed by atoms with Gasteiger partial charge in [0.05, 0.1) is 19.5 Å². The Morgan fingerprint density at radius 1 is 1.42 bits per heavy atom. The predicted octanol–water partition coefficient (Wildman–Crippen LogP) is 1.03. The molecule has 12 nitrogen and oxygen atoms in total. The number of aromatic nitrogens is 4. The summed E-state index contributed by atoms with van der Waals surface area (Å²) in [6, 6.07) is 6.86. The van der Waals surface area contributed by atoms with E-state index >= 15 is 0 Å². The highest BCUT2D eigenvalue weighted by Crippen LogP contribution is 2.54. The molecule has 2 aliphatic heterocycles. The first kappa shape index (κ1) is 20.1. The SMILES string of the molecule is Nc1nc2c(ncn2C2OC(COP3(=O)OCc4ccccc4O3)C(O)C2F)c(=O)[nH]1. The van der Waals surface area contributed by atoms with Crippen molar-refractivity contribution in [2.24, 2.45) is 0 Å². The molecule has 0 spiro atoms. The highest BCUT2D eigenvalue weighted by molar-refractivity contribution is 7.49. The lowest BCUT2D eigenvalue weighted by Crippen LogP contribution is -2.31. The summed E-state index contributed by atoms with van der Waals surface area (Å²) in [7, 11) is -3.98. The number of aromatic amines is 1. The van der Waals surface area contributed by atoms with E-state index in [1.54, 1.807) is 24.3 Å². The number of anilines is 1. The molecule has 5 unspecified atom stereocenters. The number of imidazole rings is 1. The number of phosphoric ester groups is 1. The van der Waals surface area contributed by atoms with Crippen LogP contribution in [0.4, 0.5) is 10.3 Å². The molecular formula is C17H17FN5O7P. The third-order valence-electron chi connectivity index (χ3n) is 4.98. The quantitative estimate of drug-likeness (QED) is 0.486. The van der Waals surface area contributed by atoms with Crippen molar-refractivity contribution >= 4 is 24.9 Å². The van der Waals surface area contributed by atoms with Crippen molar-refractivity contribution in [3.63, 3.8) is 0 Å². The van der Waals surface area contributed by atoms with E-state index in [4.69, 9.17) is 24.0 Å². The minimum Gasteiger partial charge on any atom is -0.404 e. The van der Waals surface area contributed by atoms with Crippen molar-refractivity contribution in [2.75, 3.05) is 12.3 Å². The molecule has 0 radical (unpaired) electrons. The van der Waals surface area contributed by atoms with Gasteiger partial charge in [-0.3, -0.25) is 23.4 Å². The third-order valence-corrected chi connectivity index (χ3v) is 6.31. The first-order chi connectivity index (χ1) is 14.8. The van der Waals surface area contributed by atoms with Crippen molar-refractivity contribution in [3.8, 4) is 5.75 Å². The van der Waals surface area contributed by atoms with E-state index < -0.39 is 44.6 Å². The maximum absolute atomic E-state index is 14.8. The fraction of sp³-hybridized carbons (Fsp3) is 0.353. The number of halogens is 1. The molecule has 164 valence electrons. The monoisotopic (exact) mass is 453 g/mol. The van der Waals surface area contributed by atoms with Crippen molar-refractivity contribution in [1.29, 1.82) is 0 Å². The zero-order valence-electron chi connectivity index (χ0n) is 15.8. The number of nitrogens with two attached hydrogens (primary N) is 1. The summed E-state index contributed by atoms with van der Waals surface area (Å²) in [6.07, 6.45) is -4.94. The molecule has 4 heterocycles. The second-order valence-corrected chi connectivity index (χ2v) is 8.58. The maximum atomic E-state index is 14.8. The summed E-state index contributed by atoms with van der Waals surface area (Å²) in [6.45, 7) is -0.459. The average Bonchev–Trinajstić information content (AvgIpc) is 3.28. The van der Waals surface area contributed by atoms with Crippen LogP contribution < -0.4 is 15.8 Å². The molecule has 0 bridgehead atoms. The van der Waals surface area contributed by atoms with Crippen LogP contribution in [0.15, 0.2) is 35.4 Å². The summed E-state index contributed by atoms with van der Waals surface area (Å²) in [5, 5.41) is 10.3. The number of fused-ring (bicyclic) bond motifs is 2. The van der Waals surface area contributed by atoms with Crippen LogP contribution in [0.2, 0.25) is 0 Å². The van der Waals surface area contributed by atoms with Gasteiger partial charge in [-0.15, -0.1) is 0 Å². The summed E-state index contributed by atoms with van der Waals surface area (Å²) in [5.41, 5.74) is 5.58. The molecule has 2 aliphatic rings. The summed E-state index contributed by atoms with van der Waals surface area (Å²) >= 11 is 0. The van der Waals surface area contributed by atoms with Gasteiger partial charge in [-0.05, 0) is 6.07 Å². The second kappa shape index (κ2) is 7.39. The van der Waals surface area contributed by atoms with Crippen LogP contribution >= 0.6 is 7.82 Å². The number of para-hydroxylation sites is 1. The van der Waals surface area contributed by atoms with Gasteiger partial charge < -0.3 is 20.1 Å². The topological polar surface area (TPSA) is 164 Å². The number of rotatable bonds is 4. The minimum atomic E-state index is -3.98. The smallest absolute Gasteiger partial charge is 0.404 e. The van der Waals surface area contributed by atoms with E-state index in [0.29, 0.717) is 11.3 Å². The first-order valence-corrected chi connectivity index (χ1v) is 10.7. The van der Waals surface area contributed by atoms with Crippen LogP contribution in [-0.4, -0.2) is 49.6 Å². The van der Waals surface area contributed by atoms with Crippen LogP contribution in [0.25, 0.3) is 11.2 Å². The van der Waals surface area contributed by atoms with Gasteiger partial charge in [0.1, 0.15) is 18.0 Å². The van der Waals surface area contributed by atoms with E-state index in [0.717, 1.165) is 10.9 Å². The number of ether oxygens (including phenoxy) is 1. The van der Waals surface area contributed by atoms with Crippen molar-refractivity contribution in [3.05, 3.63) is 46.5 Å². The number of hydrogen-bond donors (Lipinski definition) is 3. The molecule has 0 amide bonds. The lowest BCUT2D eigenvalue weighted by Gasteiger charge is -2.25. The number of aliphatic hydroxyl groups excluding tert-OH is 1. The molecule has 0 saturated carbocycles. The van der Waals surface area contributed by atoms with Crippen LogP contribution in [0.3, 0.4) is 0 Å². The normalized spacial score (nSPS) is 30.3. The van der Waals surface area contributed by atoms with Crippen molar-refractivity contribution in [2.45, 2.75) is 31.2 Å². The minimum absolute atomic E-state index is 0.00832. The zero-order valence-corrected chi connectivity index (χ0v) is 16.6. The van der Waals surface area contributed by atoms with Crippen LogP contribution in [-0.2, 0) is 25.0 Å². The highest BCUT2D eigenvalue weighted by atomic mass is 31.2. The predicted molar refractivity (Wildman–Crippen MR) is 103 cm³/mol. The number of nitrogens with one attached hydrogen (secondary N) is 1. The Morgan fingerprint density at radius 3 is 3.06 bits per heavy atom. The van der Waals surface area contributed by atoms with Gasteiger partial charge in [0.15, 0.2) is 23.6 Å². The summed E-state index contributed by atoms with van der Waals surface area (Å²) in [4.78, 5) is 22.1. The molecule has 5 atom stereocenters. The Balaban J connectivity index is 1.33. The molecule has 2 aromatic heterocycles. The molecule has 1 aromatic carbocycles. The van der Waals surface area contributed by atoms with E-state index in [-0.39, 0.29) is 23.7 Å². The van der Waals surface area contributed by atoms with Gasteiger partial charge >= 0.3 is 7.82 Å². The molecule has 0 aliphatic carbocycles. The Morgan fingerprint density at radius 2 is 2.23 bits per heavy atom. The number of hydrogen-bond acceptors (Lipinski definition) is 10. The van der Waals surface area contributed by atoms with Gasteiger partial charge in [-0.25, -0.2) is 13.9 Å². The molecular weight excluding hydrogens is 436 g/mol. The number of phosphoric acid groups is 1. The first-order valence-electron chi connectivity index (χ1n) is 9.21. The van der Waals surface area contributed by atoms with Crippen molar-refractivity contribution in [1.82, 2.24) is 19.5 Å². The Labute approximate surface area is 173 Å². The van der Waals surface area contributed by atoms with E-state index in [9.17, 15) is 18.9 Å². The van der Waals surface area contributed by atoms with E-state index in [2.05, 4.69) is 15.0 Å². The summed E-state index contributed by atoms with van der Waals surface area (Å²) < 4.78 is 50.1. The molecule has 1 fully saturated rings. The molecule has 1 saturated heterocycles. The number of benzene rings is 1. The molecule has 5 rings (SSSR count). The lowest BCUT2D eigenvalue weighted by molar-refractivity contribution is -0.0468. The van der Waals surface area contributed by atoms with Gasteiger partial charge in [0.2, 0.25) is 5.95 Å². The van der Waals surface area contributed by atoms with Crippen LogP contribution in [0.5, 0.6) is 5.75 Å². The molecule has 14 heteroatoms. The Kier molecular flexibility index (Phi) is 4.79. The average molecular weight is 453 g/mol. The van der Waals surface area contributed by atoms with Crippen LogP contribution in [0.1, 0.15) is 11.8 Å². The third kappa shape index (κ3) is 3.50. The Bertz CT molecular complexity index is 1250. The van der Waals surface area contributed by atoms with Gasteiger partial charge in [-0.1, -0.05) is 18.2 Å². The van der Waals surface area contributed by atoms with Gasteiger partial charge in [-0.2, -0.15) is 4.98 Å². The van der Waals surface area contributed by atoms with Crippen LogP contribution in [0, 0.1) is 0 Å². The lowest BCUT2D eigenvalue weighted by atomic mass is 10.1. The van der Waals surface area contributed by atoms with Gasteiger partial charge in [0, 0.05) is 5.56 Å². The van der Waals surface area contributed by atoms with Crippen molar-refractivity contribution < 1.29 is 32.4 Å². The highest BCUT2D eigenvalue weighted by Gasteiger charge is 2.47. The molecule has 4 N–H and O–H groups in total. The fourth-order valence-corrected chi connectivity index (χ4v) is 4.66. The largest absolute Gasteiger partial charge is 0.530 e. The number of nitrogens with zero attached hydrogens (tertiary/aromatic N) is 3.